The van der Waals surface area contributed by atoms with Crippen molar-refractivity contribution in [1.29, 1.82) is 0 Å². The van der Waals surface area contributed by atoms with Crippen LogP contribution in [0.1, 0.15) is 61.1 Å². The lowest BCUT2D eigenvalue weighted by molar-refractivity contribution is -0.124. The lowest BCUT2D eigenvalue weighted by atomic mass is 9.86. The maximum Gasteiger partial charge on any atom is 0.228 e. The number of aryl methyl sites for hydroxylation is 2. The van der Waals surface area contributed by atoms with Gasteiger partial charge in [-0.05, 0) is 51.3 Å². The summed E-state index contributed by atoms with van der Waals surface area (Å²) in [4.78, 5) is 13.0. The van der Waals surface area contributed by atoms with E-state index >= 15 is 0 Å². The summed E-state index contributed by atoms with van der Waals surface area (Å²) >= 11 is 0. The quantitative estimate of drug-likeness (QED) is 0.892. The highest BCUT2D eigenvalue weighted by atomic mass is 16.5. The maximum absolute atomic E-state index is 13.0. The molecule has 1 fully saturated rings. The summed E-state index contributed by atoms with van der Waals surface area (Å²) in [6.45, 7) is 5.65. The van der Waals surface area contributed by atoms with Crippen LogP contribution in [0.3, 0.4) is 0 Å². The van der Waals surface area contributed by atoms with Gasteiger partial charge >= 0.3 is 0 Å². The smallest absolute Gasteiger partial charge is 0.228 e. The van der Waals surface area contributed by atoms with Crippen molar-refractivity contribution in [3.05, 3.63) is 46.8 Å². The average Bonchev–Trinajstić information content (AvgIpc) is 3.22. The van der Waals surface area contributed by atoms with E-state index in [0.717, 1.165) is 48.3 Å². The first-order valence-corrected chi connectivity index (χ1v) is 8.86. The van der Waals surface area contributed by atoms with Crippen LogP contribution in [0.4, 0.5) is 0 Å². The second-order valence-corrected chi connectivity index (χ2v) is 6.97. The topological polar surface area (TPSA) is 64.4 Å². The molecule has 1 aromatic heterocycles. The molecule has 1 aliphatic carbocycles. The highest BCUT2D eigenvalue weighted by Gasteiger charge is 2.38. The fourth-order valence-electron chi connectivity index (χ4n) is 3.96. The Kier molecular flexibility index (Phi) is 4.84. The fraction of sp³-hybridized carbons (Fsp3) is 0.500. The second kappa shape index (κ2) is 6.90. The summed E-state index contributed by atoms with van der Waals surface area (Å²) in [7, 11) is 1.66. The third-order valence-electron chi connectivity index (χ3n) is 5.38. The predicted molar refractivity (Wildman–Crippen MR) is 95.7 cm³/mol. The third kappa shape index (κ3) is 3.28. The standard InChI is InChI=1S/C20H26N2O3/c1-13(18-14(2)22-25-15(18)3)19(23)21-20(11-5-6-12-20)16-7-9-17(24-4)10-8-16/h7-10,13H,5-6,11-12H2,1-4H3,(H,21,23). The van der Waals surface area contributed by atoms with Crippen molar-refractivity contribution in [2.24, 2.45) is 0 Å². The molecule has 1 heterocycles. The number of rotatable bonds is 5. The zero-order valence-corrected chi connectivity index (χ0v) is 15.4. The molecule has 0 radical (unpaired) electrons. The molecule has 1 aromatic carbocycles. The lowest BCUT2D eigenvalue weighted by Crippen LogP contribution is -2.45. The van der Waals surface area contributed by atoms with E-state index < -0.39 is 0 Å². The van der Waals surface area contributed by atoms with E-state index in [4.69, 9.17) is 9.26 Å². The molecular formula is C20H26N2O3. The molecule has 1 atom stereocenters. The van der Waals surface area contributed by atoms with Gasteiger partial charge in [-0.3, -0.25) is 4.79 Å². The number of amides is 1. The molecule has 0 spiro atoms. The number of carbonyl (C=O) groups excluding carboxylic acids is 1. The number of benzene rings is 1. The van der Waals surface area contributed by atoms with Gasteiger partial charge in [0, 0.05) is 5.56 Å². The van der Waals surface area contributed by atoms with E-state index in [1.54, 1.807) is 7.11 Å². The molecular weight excluding hydrogens is 316 g/mol. The van der Waals surface area contributed by atoms with Crippen molar-refractivity contribution < 1.29 is 14.1 Å². The molecule has 3 rings (SSSR count). The van der Waals surface area contributed by atoms with Crippen LogP contribution < -0.4 is 10.1 Å². The monoisotopic (exact) mass is 342 g/mol. The lowest BCUT2D eigenvalue weighted by Gasteiger charge is -2.32. The first-order valence-electron chi connectivity index (χ1n) is 8.86. The molecule has 25 heavy (non-hydrogen) atoms. The number of nitrogens with zero attached hydrogens (tertiary/aromatic N) is 1. The van der Waals surface area contributed by atoms with Crippen molar-refractivity contribution in [2.45, 2.75) is 57.9 Å². The molecule has 1 saturated carbocycles. The number of aromatic nitrogens is 1. The zero-order valence-electron chi connectivity index (χ0n) is 15.4. The predicted octanol–water partition coefficient (Wildman–Crippen LogP) is 3.99. The van der Waals surface area contributed by atoms with Crippen LogP contribution >= 0.6 is 0 Å². The van der Waals surface area contributed by atoms with Gasteiger partial charge in [-0.1, -0.05) is 30.1 Å². The molecule has 0 aliphatic heterocycles. The molecule has 1 amide bonds. The van der Waals surface area contributed by atoms with Crippen LogP contribution in [0.15, 0.2) is 28.8 Å². The van der Waals surface area contributed by atoms with Gasteiger partial charge in [-0.15, -0.1) is 0 Å². The van der Waals surface area contributed by atoms with Gasteiger partial charge in [0.15, 0.2) is 0 Å². The largest absolute Gasteiger partial charge is 0.497 e. The van der Waals surface area contributed by atoms with Crippen LogP contribution in [-0.2, 0) is 10.3 Å². The third-order valence-corrected chi connectivity index (χ3v) is 5.38. The minimum absolute atomic E-state index is 0.0205. The molecule has 1 N–H and O–H groups in total. The number of methoxy groups -OCH3 is 1. The van der Waals surface area contributed by atoms with E-state index in [1.165, 1.54) is 0 Å². The maximum atomic E-state index is 13.0. The first kappa shape index (κ1) is 17.5. The van der Waals surface area contributed by atoms with Crippen LogP contribution in [0.5, 0.6) is 5.75 Å². The van der Waals surface area contributed by atoms with E-state index in [0.29, 0.717) is 5.76 Å². The van der Waals surface area contributed by atoms with Crippen molar-refractivity contribution >= 4 is 5.91 Å². The number of hydrogen-bond acceptors (Lipinski definition) is 4. The molecule has 5 heteroatoms. The molecule has 5 nitrogen and oxygen atoms in total. The van der Waals surface area contributed by atoms with Gasteiger partial charge in [0.1, 0.15) is 11.5 Å². The normalized spacial score (nSPS) is 17.3. The summed E-state index contributed by atoms with van der Waals surface area (Å²) in [6, 6.07) is 8.04. The summed E-state index contributed by atoms with van der Waals surface area (Å²) in [5.41, 5.74) is 2.52. The van der Waals surface area contributed by atoms with E-state index in [2.05, 4.69) is 22.6 Å². The second-order valence-electron chi connectivity index (χ2n) is 6.97. The highest BCUT2D eigenvalue weighted by Crippen LogP contribution is 2.40. The summed E-state index contributed by atoms with van der Waals surface area (Å²) in [5, 5.41) is 7.32. The molecule has 0 bridgehead atoms. The van der Waals surface area contributed by atoms with Crippen LogP contribution in [0.2, 0.25) is 0 Å². The van der Waals surface area contributed by atoms with Crippen LogP contribution in [0.25, 0.3) is 0 Å². The Balaban J connectivity index is 1.85. The first-order chi connectivity index (χ1) is 12.0. The highest BCUT2D eigenvalue weighted by molar-refractivity contribution is 5.84. The van der Waals surface area contributed by atoms with E-state index in [-0.39, 0.29) is 17.4 Å². The minimum Gasteiger partial charge on any atom is -0.497 e. The van der Waals surface area contributed by atoms with Crippen molar-refractivity contribution in [3.8, 4) is 5.75 Å². The summed E-state index contributed by atoms with van der Waals surface area (Å²) in [6.07, 6.45) is 4.15. The van der Waals surface area contributed by atoms with Crippen molar-refractivity contribution in [1.82, 2.24) is 10.5 Å². The fourth-order valence-corrected chi connectivity index (χ4v) is 3.96. The van der Waals surface area contributed by atoms with Gasteiger partial charge in [-0.25, -0.2) is 0 Å². The van der Waals surface area contributed by atoms with E-state index in [1.807, 2.05) is 32.9 Å². The van der Waals surface area contributed by atoms with Gasteiger partial charge in [0.2, 0.25) is 5.91 Å². The number of nitrogens with one attached hydrogen (secondary N) is 1. The Bertz CT molecular complexity index is 723. The number of carbonyl (C=O) groups is 1. The van der Waals surface area contributed by atoms with Crippen molar-refractivity contribution in [2.75, 3.05) is 7.11 Å². The van der Waals surface area contributed by atoms with Crippen LogP contribution in [-0.4, -0.2) is 18.2 Å². The van der Waals surface area contributed by atoms with Gasteiger partial charge < -0.3 is 14.6 Å². The summed E-state index contributed by atoms with van der Waals surface area (Å²) < 4.78 is 10.5. The van der Waals surface area contributed by atoms with Gasteiger partial charge in [0.05, 0.1) is 24.3 Å². The Morgan fingerprint density at radius 3 is 2.40 bits per heavy atom. The van der Waals surface area contributed by atoms with Gasteiger partial charge in [-0.2, -0.15) is 0 Å². The Hall–Kier alpha value is -2.30. The number of ether oxygens (including phenoxy) is 1. The molecule has 1 unspecified atom stereocenters. The Morgan fingerprint density at radius 2 is 1.88 bits per heavy atom. The SMILES string of the molecule is COc1ccc(C2(NC(=O)C(C)c3c(C)noc3C)CCCC2)cc1. The summed E-state index contributed by atoms with van der Waals surface area (Å²) in [5.74, 6) is 1.27. The zero-order chi connectivity index (χ0) is 18.0. The Labute approximate surface area is 148 Å². The molecule has 0 saturated heterocycles. The van der Waals surface area contributed by atoms with Gasteiger partial charge in [0.25, 0.3) is 0 Å². The van der Waals surface area contributed by atoms with Crippen molar-refractivity contribution in [3.63, 3.8) is 0 Å². The van der Waals surface area contributed by atoms with Crippen LogP contribution in [0, 0.1) is 13.8 Å². The molecule has 1 aliphatic rings. The number of hydrogen-bond donors (Lipinski definition) is 1. The molecule has 2 aromatic rings. The minimum atomic E-state index is -0.295. The van der Waals surface area contributed by atoms with E-state index in [9.17, 15) is 4.79 Å². The molecule has 134 valence electrons. The average molecular weight is 342 g/mol. The Morgan fingerprint density at radius 1 is 1.24 bits per heavy atom.